The summed E-state index contributed by atoms with van der Waals surface area (Å²) in [4.78, 5) is 35.5. The number of anilines is 3. The van der Waals surface area contributed by atoms with Crippen LogP contribution in [0.15, 0.2) is 30.6 Å². The molecule has 172 valence electrons. The van der Waals surface area contributed by atoms with Gasteiger partial charge in [-0.1, -0.05) is 0 Å². The number of nitrogens with two attached hydrogens (primary N) is 1. The second-order valence-corrected chi connectivity index (χ2v) is 8.37. The molecular formula is C21H21F2N7O2S. The Morgan fingerprint density at radius 1 is 1.15 bits per heavy atom. The number of rotatable bonds is 5. The van der Waals surface area contributed by atoms with E-state index in [-0.39, 0.29) is 28.9 Å². The van der Waals surface area contributed by atoms with E-state index in [1.54, 1.807) is 11.8 Å². The van der Waals surface area contributed by atoms with Gasteiger partial charge in [0.15, 0.2) is 11.6 Å². The standard InChI is InChI=1S/C21H21F2N7O2S/c1-11-18(19(31)27-13-2-3-14(22)15(23)8-13)20(33-29-11)28-17-10-25-16(9-26-17)21(32)30-6-4-12(24)5-7-30/h2-3,8-10,12H,4-7,24H2,1H3,(H,26,28)(H,27,31). The van der Waals surface area contributed by atoms with Gasteiger partial charge in [-0.3, -0.25) is 9.59 Å². The van der Waals surface area contributed by atoms with Crippen molar-refractivity contribution in [3.05, 3.63) is 59.2 Å². The molecule has 2 aromatic heterocycles. The smallest absolute Gasteiger partial charge is 0.274 e. The number of amides is 2. The largest absolute Gasteiger partial charge is 0.337 e. The predicted octanol–water partition coefficient (Wildman–Crippen LogP) is 3.08. The molecule has 9 nitrogen and oxygen atoms in total. The average molecular weight is 474 g/mol. The first-order chi connectivity index (χ1) is 15.8. The van der Waals surface area contributed by atoms with Gasteiger partial charge in [-0.2, -0.15) is 4.37 Å². The van der Waals surface area contributed by atoms with Crippen molar-refractivity contribution in [1.29, 1.82) is 0 Å². The van der Waals surface area contributed by atoms with Crippen LogP contribution in [0.4, 0.5) is 25.3 Å². The van der Waals surface area contributed by atoms with Crippen LogP contribution in [0.25, 0.3) is 0 Å². The summed E-state index contributed by atoms with van der Waals surface area (Å²) in [6.07, 6.45) is 4.26. The van der Waals surface area contributed by atoms with Gasteiger partial charge in [0.05, 0.1) is 23.7 Å². The van der Waals surface area contributed by atoms with E-state index in [1.165, 1.54) is 18.5 Å². The number of carbonyl (C=O) groups excluding carboxylic acids is 2. The van der Waals surface area contributed by atoms with Crippen LogP contribution in [0.1, 0.15) is 39.4 Å². The van der Waals surface area contributed by atoms with Crippen LogP contribution in [-0.4, -0.2) is 50.2 Å². The van der Waals surface area contributed by atoms with Crippen molar-refractivity contribution in [2.75, 3.05) is 23.7 Å². The van der Waals surface area contributed by atoms with E-state index >= 15 is 0 Å². The van der Waals surface area contributed by atoms with Gasteiger partial charge in [0.25, 0.3) is 11.8 Å². The predicted molar refractivity (Wildman–Crippen MR) is 120 cm³/mol. The van der Waals surface area contributed by atoms with Crippen LogP contribution in [-0.2, 0) is 0 Å². The number of aromatic nitrogens is 3. The molecule has 0 atom stereocenters. The zero-order chi connectivity index (χ0) is 23.5. The lowest BCUT2D eigenvalue weighted by Crippen LogP contribution is -2.43. The van der Waals surface area contributed by atoms with Crippen molar-refractivity contribution in [1.82, 2.24) is 19.2 Å². The highest BCUT2D eigenvalue weighted by atomic mass is 32.1. The van der Waals surface area contributed by atoms with Crippen molar-refractivity contribution in [2.45, 2.75) is 25.8 Å². The van der Waals surface area contributed by atoms with Gasteiger partial charge < -0.3 is 21.3 Å². The van der Waals surface area contributed by atoms with E-state index in [4.69, 9.17) is 5.73 Å². The second-order valence-electron chi connectivity index (χ2n) is 7.60. The van der Waals surface area contributed by atoms with Crippen LogP contribution in [0.3, 0.4) is 0 Å². The maximum atomic E-state index is 13.4. The van der Waals surface area contributed by atoms with Gasteiger partial charge in [0.2, 0.25) is 0 Å². The Kier molecular flexibility index (Phi) is 6.56. The van der Waals surface area contributed by atoms with Crippen molar-refractivity contribution in [3.63, 3.8) is 0 Å². The lowest BCUT2D eigenvalue weighted by molar-refractivity contribution is 0.0708. The number of carbonyl (C=O) groups is 2. The molecule has 2 amide bonds. The number of hydrogen-bond donors (Lipinski definition) is 3. The van der Waals surface area contributed by atoms with Crippen molar-refractivity contribution in [3.8, 4) is 0 Å². The number of benzene rings is 1. The summed E-state index contributed by atoms with van der Waals surface area (Å²) >= 11 is 1.04. The summed E-state index contributed by atoms with van der Waals surface area (Å²) in [5.41, 5.74) is 6.89. The molecule has 0 bridgehead atoms. The topological polar surface area (TPSA) is 126 Å². The molecule has 0 spiro atoms. The highest BCUT2D eigenvalue weighted by molar-refractivity contribution is 7.10. The van der Waals surface area contributed by atoms with Crippen LogP contribution in [0, 0.1) is 18.6 Å². The first-order valence-corrected chi connectivity index (χ1v) is 11.0. The number of nitrogens with zero attached hydrogens (tertiary/aromatic N) is 4. The number of likely N-dealkylation sites (tertiary alicyclic amines) is 1. The SMILES string of the molecule is Cc1nsc(Nc2cnc(C(=O)N3CCC(N)CC3)cn2)c1C(=O)Nc1ccc(F)c(F)c1. The maximum Gasteiger partial charge on any atom is 0.274 e. The molecule has 1 aliphatic heterocycles. The Morgan fingerprint density at radius 3 is 2.58 bits per heavy atom. The first kappa shape index (κ1) is 22.7. The fraction of sp³-hybridized carbons (Fsp3) is 0.286. The van der Waals surface area contributed by atoms with E-state index in [0.717, 1.165) is 36.5 Å². The number of halogens is 2. The minimum Gasteiger partial charge on any atom is -0.337 e. The number of piperidine rings is 1. The van der Waals surface area contributed by atoms with Gasteiger partial charge in [0.1, 0.15) is 16.5 Å². The van der Waals surface area contributed by atoms with Crippen LogP contribution in [0.2, 0.25) is 0 Å². The number of aryl methyl sites for hydroxylation is 1. The van der Waals surface area contributed by atoms with Crippen molar-refractivity contribution in [2.24, 2.45) is 5.73 Å². The second kappa shape index (κ2) is 9.55. The summed E-state index contributed by atoms with van der Waals surface area (Å²) in [7, 11) is 0. The van der Waals surface area contributed by atoms with E-state index < -0.39 is 17.5 Å². The molecule has 4 rings (SSSR count). The lowest BCUT2D eigenvalue weighted by Gasteiger charge is -2.29. The van der Waals surface area contributed by atoms with Gasteiger partial charge in [-0.25, -0.2) is 18.7 Å². The summed E-state index contributed by atoms with van der Waals surface area (Å²) in [5.74, 6) is -2.51. The minimum atomic E-state index is -1.07. The Morgan fingerprint density at radius 2 is 1.91 bits per heavy atom. The molecule has 1 saturated heterocycles. The summed E-state index contributed by atoms with van der Waals surface area (Å²) in [6.45, 7) is 2.82. The third-order valence-electron chi connectivity index (χ3n) is 5.21. The summed E-state index contributed by atoms with van der Waals surface area (Å²) < 4.78 is 30.8. The molecule has 4 N–H and O–H groups in total. The molecule has 0 aliphatic carbocycles. The minimum absolute atomic E-state index is 0.108. The molecule has 33 heavy (non-hydrogen) atoms. The van der Waals surface area contributed by atoms with E-state index in [9.17, 15) is 18.4 Å². The molecule has 1 aromatic carbocycles. The molecule has 1 fully saturated rings. The summed E-state index contributed by atoms with van der Waals surface area (Å²) in [6, 6.07) is 3.20. The van der Waals surface area contributed by atoms with Crippen LogP contribution >= 0.6 is 11.5 Å². The van der Waals surface area contributed by atoms with E-state index in [1.807, 2.05) is 0 Å². The molecule has 3 aromatic rings. The number of nitrogens with one attached hydrogen (secondary N) is 2. The Bertz CT molecular complexity index is 1180. The molecule has 3 heterocycles. The van der Waals surface area contributed by atoms with Crippen LogP contribution < -0.4 is 16.4 Å². The third kappa shape index (κ3) is 5.12. The van der Waals surface area contributed by atoms with Gasteiger partial charge in [-0.05, 0) is 43.4 Å². The van der Waals surface area contributed by atoms with Gasteiger partial charge in [-0.15, -0.1) is 0 Å². The Hall–Kier alpha value is -3.51. The molecule has 12 heteroatoms. The third-order valence-corrected chi connectivity index (χ3v) is 6.06. The maximum absolute atomic E-state index is 13.4. The zero-order valence-electron chi connectivity index (χ0n) is 17.6. The summed E-state index contributed by atoms with van der Waals surface area (Å²) in [5, 5.41) is 5.90. The molecular weight excluding hydrogens is 452 g/mol. The van der Waals surface area contributed by atoms with Crippen molar-refractivity contribution < 1.29 is 18.4 Å². The van der Waals surface area contributed by atoms with Crippen molar-refractivity contribution >= 4 is 39.9 Å². The fourth-order valence-corrected chi connectivity index (χ4v) is 4.18. The zero-order valence-corrected chi connectivity index (χ0v) is 18.5. The van der Waals surface area contributed by atoms with E-state index in [2.05, 4.69) is 25.0 Å². The molecule has 0 radical (unpaired) electrons. The lowest BCUT2D eigenvalue weighted by atomic mass is 10.1. The number of hydrogen-bond acceptors (Lipinski definition) is 8. The quantitative estimate of drug-likeness (QED) is 0.520. The normalized spacial score (nSPS) is 14.2. The molecule has 1 aliphatic rings. The average Bonchev–Trinajstić information content (AvgIpc) is 3.17. The Balaban J connectivity index is 1.46. The monoisotopic (exact) mass is 473 g/mol. The van der Waals surface area contributed by atoms with E-state index in [0.29, 0.717) is 29.6 Å². The highest BCUT2D eigenvalue weighted by Crippen LogP contribution is 2.28. The molecule has 0 unspecified atom stereocenters. The van der Waals surface area contributed by atoms with Gasteiger partial charge >= 0.3 is 0 Å². The van der Waals surface area contributed by atoms with Gasteiger partial charge in [0, 0.05) is 30.9 Å². The first-order valence-electron chi connectivity index (χ1n) is 10.2. The fourth-order valence-electron chi connectivity index (χ4n) is 3.37. The Labute approximate surface area is 192 Å². The van der Waals surface area contributed by atoms with Crippen LogP contribution in [0.5, 0.6) is 0 Å². The molecule has 0 saturated carbocycles. The highest BCUT2D eigenvalue weighted by Gasteiger charge is 2.23.